The Hall–Kier alpha value is -2.29. The average Bonchev–Trinajstić information content (AvgIpc) is 2.78. The number of rotatable bonds is 4. The molecule has 3 heteroatoms. The highest BCUT2D eigenvalue weighted by atomic mass is 15.0. The number of pyridine rings is 1. The van der Waals surface area contributed by atoms with Crippen molar-refractivity contribution in [2.24, 2.45) is 0 Å². The predicted molar refractivity (Wildman–Crippen MR) is 88.6 cm³/mol. The SMILES string of the molecule is CCn1c(C)cc(CNc2cccc3ccncc23)c1C. The van der Waals surface area contributed by atoms with E-state index in [-0.39, 0.29) is 0 Å². The Labute approximate surface area is 125 Å². The molecule has 0 spiro atoms. The molecule has 0 atom stereocenters. The van der Waals surface area contributed by atoms with Gasteiger partial charge in [-0.25, -0.2) is 0 Å². The molecule has 0 aliphatic rings. The molecular weight excluding hydrogens is 258 g/mol. The Morgan fingerprint density at radius 3 is 2.81 bits per heavy atom. The third-order valence-corrected chi connectivity index (χ3v) is 4.15. The summed E-state index contributed by atoms with van der Waals surface area (Å²) in [6.07, 6.45) is 3.76. The zero-order valence-electron chi connectivity index (χ0n) is 12.9. The van der Waals surface area contributed by atoms with Crippen LogP contribution in [0.15, 0.2) is 42.7 Å². The summed E-state index contributed by atoms with van der Waals surface area (Å²) < 4.78 is 2.35. The van der Waals surface area contributed by atoms with Crippen LogP contribution < -0.4 is 5.32 Å². The van der Waals surface area contributed by atoms with E-state index in [0.29, 0.717) is 0 Å². The van der Waals surface area contributed by atoms with Crippen LogP contribution in [0.3, 0.4) is 0 Å². The van der Waals surface area contributed by atoms with E-state index in [1.165, 1.54) is 27.7 Å². The molecule has 3 aromatic rings. The van der Waals surface area contributed by atoms with Crippen molar-refractivity contribution in [1.82, 2.24) is 9.55 Å². The Morgan fingerprint density at radius 1 is 1.19 bits per heavy atom. The maximum Gasteiger partial charge on any atom is 0.0438 e. The van der Waals surface area contributed by atoms with Crippen molar-refractivity contribution in [3.63, 3.8) is 0 Å². The van der Waals surface area contributed by atoms with Gasteiger partial charge in [0.2, 0.25) is 0 Å². The summed E-state index contributed by atoms with van der Waals surface area (Å²) in [7, 11) is 0. The molecule has 0 saturated heterocycles. The van der Waals surface area contributed by atoms with Crippen molar-refractivity contribution in [3.05, 3.63) is 59.7 Å². The summed E-state index contributed by atoms with van der Waals surface area (Å²) >= 11 is 0. The van der Waals surface area contributed by atoms with E-state index in [4.69, 9.17) is 0 Å². The van der Waals surface area contributed by atoms with Crippen molar-refractivity contribution in [1.29, 1.82) is 0 Å². The van der Waals surface area contributed by atoms with Crippen LogP contribution in [-0.4, -0.2) is 9.55 Å². The molecule has 2 aromatic heterocycles. The monoisotopic (exact) mass is 279 g/mol. The fraction of sp³-hybridized carbons (Fsp3) is 0.278. The first-order valence-electron chi connectivity index (χ1n) is 7.43. The molecule has 0 aliphatic carbocycles. The number of nitrogens with zero attached hydrogens (tertiary/aromatic N) is 2. The molecule has 3 rings (SSSR count). The van der Waals surface area contributed by atoms with Crippen molar-refractivity contribution in [2.75, 3.05) is 5.32 Å². The van der Waals surface area contributed by atoms with Crippen LogP contribution in [0.4, 0.5) is 5.69 Å². The highest BCUT2D eigenvalue weighted by Crippen LogP contribution is 2.23. The lowest BCUT2D eigenvalue weighted by atomic mass is 10.1. The molecule has 0 unspecified atom stereocenters. The first-order chi connectivity index (χ1) is 10.2. The summed E-state index contributed by atoms with van der Waals surface area (Å²) in [6, 6.07) is 10.6. The Kier molecular flexibility index (Phi) is 3.65. The van der Waals surface area contributed by atoms with Crippen molar-refractivity contribution in [2.45, 2.75) is 33.9 Å². The number of nitrogens with one attached hydrogen (secondary N) is 1. The van der Waals surface area contributed by atoms with Crippen molar-refractivity contribution >= 4 is 16.5 Å². The fourth-order valence-corrected chi connectivity index (χ4v) is 3.00. The molecule has 0 fully saturated rings. The Balaban J connectivity index is 1.87. The third-order valence-electron chi connectivity index (χ3n) is 4.15. The second-order valence-electron chi connectivity index (χ2n) is 5.40. The lowest BCUT2D eigenvalue weighted by Crippen LogP contribution is -2.03. The molecule has 0 bridgehead atoms. The maximum absolute atomic E-state index is 4.23. The van der Waals surface area contributed by atoms with Crippen LogP contribution in [-0.2, 0) is 13.1 Å². The van der Waals surface area contributed by atoms with Gasteiger partial charge in [0.05, 0.1) is 0 Å². The van der Waals surface area contributed by atoms with E-state index in [1.54, 1.807) is 0 Å². The first-order valence-corrected chi connectivity index (χ1v) is 7.43. The van der Waals surface area contributed by atoms with Crippen LogP contribution in [0.2, 0.25) is 0 Å². The molecule has 0 aliphatic heterocycles. The lowest BCUT2D eigenvalue weighted by Gasteiger charge is -2.10. The van der Waals surface area contributed by atoms with Crippen molar-refractivity contribution < 1.29 is 0 Å². The number of aromatic nitrogens is 2. The highest BCUT2D eigenvalue weighted by molar-refractivity contribution is 5.93. The number of fused-ring (bicyclic) bond motifs is 1. The van der Waals surface area contributed by atoms with E-state index >= 15 is 0 Å². The Bertz CT molecular complexity index is 766. The first kappa shape index (κ1) is 13.7. The summed E-state index contributed by atoms with van der Waals surface area (Å²) in [6.45, 7) is 8.41. The summed E-state index contributed by atoms with van der Waals surface area (Å²) in [5.74, 6) is 0. The number of benzene rings is 1. The number of aryl methyl sites for hydroxylation is 1. The minimum absolute atomic E-state index is 0.841. The normalized spacial score (nSPS) is 11.0. The molecule has 108 valence electrons. The van der Waals surface area contributed by atoms with Crippen LogP contribution in [0.5, 0.6) is 0 Å². The van der Waals surface area contributed by atoms with Gasteiger partial charge < -0.3 is 9.88 Å². The minimum Gasteiger partial charge on any atom is -0.380 e. The van der Waals surface area contributed by atoms with E-state index in [2.05, 4.69) is 59.9 Å². The number of hydrogen-bond donors (Lipinski definition) is 1. The summed E-state index contributed by atoms with van der Waals surface area (Å²) in [5.41, 5.74) is 5.17. The van der Waals surface area contributed by atoms with Crippen LogP contribution in [0, 0.1) is 13.8 Å². The van der Waals surface area contributed by atoms with E-state index < -0.39 is 0 Å². The van der Waals surface area contributed by atoms with Gasteiger partial charge >= 0.3 is 0 Å². The molecule has 1 N–H and O–H groups in total. The smallest absolute Gasteiger partial charge is 0.0438 e. The molecule has 3 nitrogen and oxygen atoms in total. The standard InChI is InChI=1S/C18H21N3/c1-4-21-13(2)10-16(14(21)3)11-20-18-7-5-6-15-8-9-19-12-17(15)18/h5-10,12,20H,4,11H2,1-3H3. The number of hydrogen-bond acceptors (Lipinski definition) is 2. The zero-order valence-corrected chi connectivity index (χ0v) is 12.9. The van der Waals surface area contributed by atoms with Gasteiger partial charge in [0.15, 0.2) is 0 Å². The van der Waals surface area contributed by atoms with Crippen LogP contribution >= 0.6 is 0 Å². The molecule has 0 amide bonds. The molecule has 1 aromatic carbocycles. The Morgan fingerprint density at radius 2 is 2.05 bits per heavy atom. The molecule has 0 radical (unpaired) electrons. The van der Waals surface area contributed by atoms with Gasteiger partial charge in [0.1, 0.15) is 0 Å². The maximum atomic E-state index is 4.23. The second kappa shape index (κ2) is 5.60. The van der Waals surface area contributed by atoms with Gasteiger partial charge in [-0.1, -0.05) is 12.1 Å². The van der Waals surface area contributed by atoms with Gasteiger partial charge in [0.25, 0.3) is 0 Å². The zero-order chi connectivity index (χ0) is 14.8. The minimum atomic E-state index is 0.841. The van der Waals surface area contributed by atoms with Crippen LogP contribution in [0.1, 0.15) is 23.9 Å². The quantitative estimate of drug-likeness (QED) is 0.772. The molecular formula is C18H21N3. The van der Waals surface area contributed by atoms with E-state index in [0.717, 1.165) is 18.8 Å². The average molecular weight is 279 g/mol. The summed E-state index contributed by atoms with van der Waals surface area (Å²) in [5, 5.41) is 5.94. The molecule has 2 heterocycles. The number of anilines is 1. The van der Waals surface area contributed by atoms with E-state index in [9.17, 15) is 0 Å². The topological polar surface area (TPSA) is 29.9 Å². The second-order valence-corrected chi connectivity index (χ2v) is 5.40. The van der Waals surface area contributed by atoms with Gasteiger partial charge in [0, 0.05) is 47.9 Å². The molecule has 21 heavy (non-hydrogen) atoms. The van der Waals surface area contributed by atoms with Gasteiger partial charge in [-0.3, -0.25) is 4.98 Å². The highest BCUT2D eigenvalue weighted by Gasteiger charge is 2.08. The fourth-order valence-electron chi connectivity index (χ4n) is 3.00. The van der Waals surface area contributed by atoms with E-state index in [1.807, 2.05) is 18.5 Å². The van der Waals surface area contributed by atoms with Gasteiger partial charge in [-0.15, -0.1) is 0 Å². The summed E-state index contributed by atoms with van der Waals surface area (Å²) in [4.78, 5) is 4.23. The largest absolute Gasteiger partial charge is 0.380 e. The lowest BCUT2D eigenvalue weighted by molar-refractivity contribution is 0.715. The van der Waals surface area contributed by atoms with Gasteiger partial charge in [-0.05, 0) is 49.9 Å². The van der Waals surface area contributed by atoms with Crippen molar-refractivity contribution in [3.8, 4) is 0 Å². The van der Waals surface area contributed by atoms with Crippen LogP contribution in [0.25, 0.3) is 10.8 Å². The molecule has 0 saturated carbocycles. The van der Waals surface area contributed by atoms with Gasteiger partial charge in [-0.2, -0.15) is 0 Å². The third kappa shape index (κ3) is 2.51. The predicted octanol–water partition coefficient (Wildman–Crippen LogP) is 4.29.